The zero-order valence-electron chi connectivity index (χ0n) is 18.2. The quantitative estimate of drug-likeness (QED) is 0.435. The summed E-state index contributed by atoms with van der Waals surface area (Å²) in [5, 5.41) is 9.97. The SMILES string of the molecule is CCOc1ccc2[nH]cc(CCNc3nccc(NC4=CC5C(=CNN5C)C=C4)n3)c2c1. The van der Waals surface area contributed by atoms with Crippen molar-refractivity contribution in [1.82, 2.24) is 25.4 Å². The molecule has 8 heteroatoms. The van der Waals surface area contributed by atoms with Gasteiger partial charge in [0.25, 0.3) is 0 Å². The van der Waals surface area contributed by atoms with Gasteiger partial charge in [0.05, 0.1) is 12.6 Å². The minimum atomic E-state index is 0.223. The first-order valence-corrected chi connectivity index (χ1v) is 10.9. The van der Waals surface area contributed by atoms with Crippen LogP contribution in [0.4, 0.5) is 11.8 Å². The van der Waals surface area contributed by atoms with Gasteiger partial charge in [0.2, 0.25) is 5.95 Å². The predicted molar refractivity (Wildman–Crippen MR) is 127 cm³/mol. The lowest BCUT2D eigenvalue weighted by atomic mass is 10.0. The van der Waals surface area contributed by atoms with Gasteiger partial charge in [-0.05, 0) is 60.9 Å². The number of H-pyrrole nitrogens is 1. The summed E-state index contributed by atoms with van der Waals surface area (Å²) in [6.07, 6.45) is 13.0. The standard InChI is InChI=1S/C24H27N7O/c1-3-32-19-6-7-21-20(13-19)16(14-27-21)8-10-25-24-26-11-9-23(30-24)29-18-5-4-17-15-28-31(2)22(17)12-18/h4-7,9,11-15,22,27-28H,3,8,10H2,1-2H3,(H2,25,26,29,30). The molecule has 1 atom stereocenters. The van der Waals surface area contributed by atoms with E-state index in [1.807, 2.05) is 32.3 Å². The number of aromatic amines is 1. The first kappa shape index (κ1) is 20.1. The molecule has 4 N–H and O–H groups in total. The summed E-state index contributed by atoms with van der Waals surface area (Å²) in [7, 11) is 2.03. The number of nitrogens with zero attached hydrogens (tertiary/aromatic N) is 3. The topological polar surface area (TPSA) is 90.1 Å². The minimum Gasteiger partial charge on any atom is -0.494 e. The van der Waals surface area contributed by atoms with Crippen molar-refractivity contribution in [3.63, 3.8) is 0 Å². The van der Waals surface area contributed by atoms with E-state index in [0.717, 1.165) is 35.7 Å². The Kier molecular flexibility index (Phi) is 5.51. The lowest BCUT2D eigenvalue weighted by Crippen LogP contribution is -2.34. The molecule has 5 rings (SSSR count). The van der Waals surface area contributed by atoms with E-state index in [1.54, 1.807) is 6.20 Å². The third-order valence-corrected chi connectivity index (χ3v) is 5.64. The number of fused-ring (bicyclic) bond motifs is 2. The minimum absolute atomic E-state index is 0.223. The van der Waals surface area contributed by atoms with E-state index in [2.05, 4.69) is 72.6 Å². The molecule has 0 fully saturated rings. The first-order valence-electron chi connectivity index (χ1n) is 10.9. The number of anilines is 2. The Morgan fingerprint density at radius 2 is 2.16 bits per heavy atom. The van der Waals surface area contributed by atoms with E-state index in [1.165, 1.54) is 16.5 Å². The Morgan fingerprint density at radius 3 is 3.06 bits per heavy atom. The van der Waals surface area contributed by atoms with Gasteiger partial charge < -0.3 is 25.8 Å². The molecule has 0 spiro atoms. The lowest BCUT2D eigenvalue weighted by Gasteiger charge is -2.22. The number of hydrogen-bond acceptors (Lipinski definition) is 7. The molecule has 3 heterocycles. The average molecular weight is 430 g/mol. The average Bonchev–Trinajstić information content (AvgIpc) is 3.38. The summed E-state index contributed by atoms with van der Waals surface area (Å²) in [5.74, 6) is 2.25. The Morgan fingerprint density at radius 1 is 1.22 bits per heavy atom. The van der Waals surface area contributed by atoms with Crippen LogP contribution < -0.4 is 20.8 Å². The van der Waals surface area contributed by atoms with Crippen LogP contribution in [0, 0.1) is 0 Å². The van der Waals surface area contributed by atoms with E-state index in [4.69, 9.17) is 4.74 Å². The third-order valence-electron chi connectivity index (χ3n) is 5.64. The summed E-state index contributed by atoms with van der Waals surface area (Å²) in [5.41, 5.74) is 7.81. The van der Waals surface area contributed by atoms with Crippen LogP contribution in [0.15, 0.2) is 72.4 Å². The second-order valence-corrected chi connectivity index (χ2v) is 7.81. The van der Waals surface area contributed by atoms with Crippen molar-refractivity contribution in [3.05, 3.63) is 77.9 Å². The van der Waals surface area contributed by atoms with Gasteiger partial charge in [-0.3, -0.25) is 0 Å². The molecule has 1 aliphatic heterocycles. The molecular weight excluding hydrogens is 402 g/mol. The largest absolute Gasteiger partial charge is 0.494 e. The summed E-state index contributed by atoms with van der Waals surface area (Å²) in [4.78, 5) is 12.3. The summed E-state index contributed by atoms with van der Waals surface area (Å²) >= 11 is 0. The van der Waals surface area contributed by atoms with E-state index in [-0.39, 0.29) is 6.04 Å². The Labute approximate surface area is 187 Å². The Balaban J connectivity index is 1.21. The Bertz CT molecular complexity index is 1210. The molecule has 3 aromatic rings. The molecule has 1 aromatic carbocycles. The van der Waals surface area contributed by atoms with Crippen LogP contribution in [-0.4, -0.2) is 46.2 Å². The van der Waals surface area contributed by atoms with Crippen molar-refractivity contribution in [2.45, 2.75) is 19.4 Å². The zero-order chi connectivity index (χ0) is 21.9. The number of hydrazine groups is 1. The fraction of sp³-hybridized carbons (Fsp3) is 0.250. The van der Waals surface area contributed by atoms with Crippen molar-refractivity contribution in [2.24, 2.45) is 0 Å². The van der Waals surface area contributed by atoms with Gasteiger partial charge in [0.1, 0.15) is 11.6 Å². The van der Waals surface area contributed by atoms with E-state index in [9.17, 15) is 0 Å². The van der Waals surface area contributed by atoms with Crippen LogP contribution in [0.1, 0.15) is 12.5 Å². The number of rotatable bonds is 8. The highest BCUT2D eigenvalue weighted by Gasteiger charge is 2.23. The van der Waals surface area contributed by atoms with Gasteiger partial charge in [0, 0.05) is 48.8 Å². The maximum Gasteiger partial charge on any atom is 0.224 e. The molecule has 1 aliphatic carbocycles. The van der Waals surface area contributed by atoms with Gasteiger partial charge >= 0.3 is 0 Å². The smallest absolute Gasteiger partial charge is 0.224 e. The molecule has 1 unspecified atom stereocenters. The monoisotopic (exact) mass is 429 g/mol. The van der Waals surface area contributed by atoms with Crippen LogP contribution in [0.2, 0.25) is 0 Å². The first-order chi connectivity index (χ1) is 15.7. The maximum atomic E-state index is 5.64. The van der Waals surface area contributed by atoms with Crippen molar-refractivity contribution < 1.29 is 4.74 Å². The Hall–Kier alpha value is -3.78. The van der Waals surface area contributed by atoms with Gasteiger partial charge in [-0.1, -0.05) is 6.08 Å². The summed E-state index contributed by atoms with van der Waals surface area (Å²) < 4.78 is 5.64. The number of hydrogen-bond donors (Lipinski definition) is 4. The number of aromatic nitrogens is 3. The number of benzene rings is 1. The molecule has 0 saturated heterocycles. The fourth-order valence-electron chi connectivity index (χ4n) is 4.01. The second kappa shape index (κ2) is 8.76. The van der Waals surface area contributed by atoms with Crippen molar-refractivity contribution in [1.29, 1.82) is 0 Å². The van der Waals surface area contributed by atoms with Gasteiger partial charge in [-0.25, -0.2) is 9.99 Å². The van der Waals surface area contributed by atoms with Crippen molar-refractivity contribution in [3.8, 4) is 5.75 Å². The fourth-order valence-corrected chi connectivity index (χ4v) is 4.01. The molecule has 0 bridgehead atoms. The molecule has 0 saturated carbocycles. The van der Waals surface area contributed by atoms with Gasteiger partial charge in [-0.2, -0.15) is 4.98 Å². The molecule has 0 radical (unpaired) electrons. The van der Waals surface area contributed by atoms with Crippen LogP contribution in [-0.2, 0) is 6.42 Å². The van der Waals surface area contributed by atoms with E-state index in [0.29, 0.717) is 12.6 Å². The van der Waals surface area contributed by atoms with E-state index < -0.39 is 0 Å². The molecule has 32 heavy (non-hydrogen) atoms. The van der Waals surface area contributed by atoms with Crippen LogP contribution in [0.5, 0.6) is 5.75 Å². The van der Waals surface area contributed by atoms with Crippen LogP contribution in [0.3, 0.4) is 0 Å². The van der Waals surface area contributed by atoms with Crippen LogP contribution >= 0.6 is 0 Å². The maximum absolute atomic E-state index is 5.64. The van der Waals surface area contributed by atoms with Crippen LogP contribution in [0.25, 0.3) is 10.9 Å². The van der Waals surface area contributed by atoms with Crippen molar-refractivity contribution in [2.75, 3.05) is 30.8 Å². The van der Waals surface area contributed by atoms with Gasteiger partial charge in [0.15, 0.2) is 0 Å². The number of allylic oxidation sites excluding steroid dienone is 1. The highest BCUT2D eigenvalue weighted by molar-refractivity contribution is 5.84. The zero-order valence-corrected chi connectivity index (χ0v) is 18.2. The van der Waals surface area contributed by atoms with Crippen molar-refractivity contribution >= 4 is 22.7 Å². The number of nitrogens with one attached hydrogen (secondary N) is 4. The molecule has 2 aromatic heterocycles. The summed E-state index contributed by atoms with van der Waals surface area (Å²) in [6, 6.07) is 8.24. The summed E-state index contributed by atoms with van der Waals surface area (Å²) in [6.45, 7) is 3.38. The predicted octanol–water partition coefficient (Wildman–Crippen LogP) is 3.58. The lowest BCUT2D eigenvalue weighted by molar-refractivity contribution is 0.282. The molecule has 2 aliphatic rings. The molecular formula is C24H27N7O. The number of ether oxygens (including phenoxy) is 1. The number of likely N-dealkylation sites (N-methyl/N-ethyl adjacent to an activating group) is 1. The third kappa shape index (κ3) is 4.17. The highest BCUT2D eigenvalue weighted by atomic mass is 16.5. The second-order valence-electron chi connectivity index (χ2n) is 7.81. The highest BCUT2D eigenvalue weighted by Crippen LogP contribution is 2.25. The van der Waals surface area contributed by atoms with Gasteiger partial charge in [-0.15, -0.1) is 0 Å². The molecule has 164 valence electrons. The normalized spacial score (nSPS) is 17.5. The molecule has 8 nitrogen and oxygen atoms in total. The van der Waals surface area contributed by atoms with E-state index >= 15 is 0 Å². The molecule has 0 amide bonds.